The van der Waals surface area contributed by atoms with Crippen LogP contribution in [-0.2, 0) is 12.1 Å². The molecule has 0 atom stereocenters. The van der Waals surface area contributed by atoms with Crippen LogP contribution in [0.3, 0.4) is 0 Å². The smallest absolute Gasteiger partial charge is 0.212 e. The van der Waals surface area contributed by atoms with Gasteiger partial charge in [0, 0.05) is 6.20 Å². The number of halogens is 4. The van der Waals surface area contributed by atoms with Gasteiger partial charge in [0.2, 0.25) is 5.13 Å². The molecule has 0 aliphatic rings. The van der Waals surface area contributed by atoms with E-state index in [4.69, 9.17) is 11.6 Å². The van der Waals surface area contributed by atoms with E-state index in [0.717, 1.165) is 22.1 Å². The number of hydrogen-bond acceptors (Lipinski definition) is 4. The van der Waals surface area contributed by atoms with E-state index in [1.54, 1.807) is 0 Å². The standard InChI is InChI=1S/C7H4ClF3N4S/c8-3-5-12-13-6(16-5)15-2-1-4(14-15)7(9,10)11/h1-2H,3H2. The van der Waals surface area contributed by atoms with Crippen LogP contribution in [0.15, 0.2) is 12.3 Å². The molecule has 2 aromatic rings. The van der Waals surface area contributed by atoms with Crippen molar-refractivity contribution in [2.75, 3.05) is 0 Å². The van der Waals surface area contributed by atoms with Gasteiger partial charge in [0.25, 0.3) is 0 Å². The van der Waals surface area contributed by atoms with Crippen LogP contribution < -0.4 is 0 Å². The van der Waals surface area contributed by atoms with Gasteiger partial charge in [-0.3, -0.25) is 0 Å². The van der Waals surface area contributed by atoms with Crippen LogP contribution in [0, 0.1) is 0 Å². The quantitative estimate of drug-likeness (QED) is 0.786. The first-order valence-electron chi connectivity index (χ1n) is 4.02. The van der Waals surface area contributed by atoms with Crippen LogP contribution in [0.5, 0.6) is 0 Å². The molecule has 2 heterocycles. The molecule has 0 amide bonds. The minimum absolute atomic E-state index is 0.172. The first kappa shape index (κ1) is 11.3. The Bertz CT molecular complexity index is 492. The highest BCUT2D eigenvalue weighted by Crippen LogP contribution is 2.28. The lowest BCUT2D eigenvalue weighted by Crippen LogP contribution is -2.07. The van der Waals surface area contributed by atoms with Gasteiger partial charge in [0.05, 0.1) is 5.88 Å². The van der Waals surface area contributed by atoms with E-state index in [-0.39, 0.29) is 11.0 Å². The highest BCUT2D eigenvalue weighted by atomic mass is 35.5. The molecule has 0 unspecified atom stereocenters. The van der Waals surface area contributed by atoms with Crippen molar-refractivity contribution in [1.82, 2.24) is 20.0 Å². The van der Waals surface area contributed by atoms with Gasteiger partial charge in [-0.15, -0.1) is 21.8 Å². The maximum absolute atomic E-state index is 12.3. The van der Waals surface area contributed by atoms with Crippen LogP contribution >= 0.6 is 22.9 Å². The van der Waals surface area contributed by atoms with E-state index in [1.807, 2.05) is 0 Å². The molecule has 4 nitrogen and oxygen atoms in total. The average Bonchev–Trinajstić information content (AvgIpc) is 2.85. The third-order valence-electron chi connectivity index (χ3n) is 1.65. The van der Waals surface area contributed by atoms with E-state index in [1.165, 1.54) is 6.20 Å². The lowest BCUT2D eigenvalue weighted by molar-refractivity contribution is -0.141. The van der Waals surface area contributed by atoms with Crippen LogP contribution in [-0.4, -0.2) is 20.0 Å². The summed E-state index contributed by atoms with van der Waals surface area (Å²) in [7, 11) is 0. The zero-order valence-electron chi connectivity index (χ0n) is 7.57. The van der Waals surface area contributed by atoms with E-state index < -0.39 is 11.9 Å². The molecule has 9 heteroatoms. The second-order valence-corrected chi connectivity index (χ2v) is 4.06. The van der Waals surface area contributed by atoms with Gasteiger partial charge < -0.3 is 0 Å². The highest BCUT2D eigenvalue weighted by Gasteiger charge is 2.33. The van der Waals surface area contributed by atoms with Crippen molar-refractivity contribution in [3.8, 4) is 5.13 Å². The largest absolute Gasteiger partial charge is 0.435 e. The van der Waals surface area contributed by atoms with Crippen LogP contribution in [0.2, 0.25) is 0 Å². The molecule has 0 saturated carbocycles. The number of alkyl halides is 4. The lowest BCUT2D eigenvalue weighted by atomic mass is 10.4. The topological polar surface area (TPSA) is 43.6 Å². The second kappa shape index (κ2) is 4.02. The summed E-state index contributed by atoms with van der Waals surface area (Å²) in [6.07, 6.45) is -3.27. The lowest BCUT2D eigenvalue weighted by Gasteiger charge is -1.99. The van der Waals surface area contributed by atoms with Gasteiger partial charge in [0.1, 0.15) is 5.01 Å². The highest BCUT2D eigenvalue weighted by molar-refractivity contribution is 7.13. The van der Waals surface area contributed by atoms with Gasteiger partial charge in [-0.2, -0.15) is 18.3 Å². The van der Waals surface area contributed by atoms with Crippen molar-refractivity contribution in [2.45, 2.75) is 12.1 Å². The fraction of sp³-hybridized carbons (Fsp3) is 0.286. The van der Waals surface area contributed by atoms with Crippen molar-refractivity contribution in [3.05, 3.63) is 23.0 Å². The summed E-state index contributed by atoms with van der Waals surface area (Å²) in [6, 6.07) is 0.877. The Labute approximate surface area is 96.7 Å². The third kappa shape index (κ3) is 2.17. The predicted octanol–water partition coefficient (Wildman–Crippen LogP) is 2.48. The Kier molecular flexibility index (Phi) is 2.85. The average molecular weight is 269 g/mol. The molecule has 0 aliphatic carbocycles. The first-order chi connectivity index (χ1) is 7.50. The van der Waals surface area contributed by atoms with Crippen LogP contribution in [0.4, 0.5) is 13.2 Å². The second-order valence-electron chi connectivity index (χ2n) is 2.76. The first-order valence-corrected chi connectivity index (χ1v) is 5.37. The summed E-state index contributed by atoms with van der Waals surface area (Å²) in [5.74, 6) is 0.172. The number of rotatable bonds is 2. The Hall–Kier alpha value is -1.15. The number of hydrogen-bond donors (Lipinski definition) is 0. The molecule has 2 aromatic heterocycles. The van der Waals surface area contributed by atoms with E-state index in [9.17, 15) is 13.2 Å². The van der Waals surface area contributed by atoms with Crippen molar-refractivity contribution in [1.29, 1.82) is 0 Å². The van der Waals surface area contributed by atoms with Crippen molar-refractivity contribution >= 4 is 22.9 Å². The molecule has 16 heavy (non-hydrogen) atoms. The summed E-state index contributed by atoms with van der Waals surface area (Å²) in [6.45, 7) is 0. The summed E-state index contributed by atoms with van der Waals surface area (Å²) < 4.78 is 37.8. The third-order valence-corrected chi connectivity index (χ3v) is 2.97. The Morgan fingerprint density at radius 3 is 2.62 bits per heavy atom. The maximum Gasteiger partial charge on any atom is 0.435 e. The van der Waals surface area contributed by atoms with Crippen molar-refractivity contribution < 1.29 is 13.2 Å². The minimum Gasteiger partial charge on any atom is -0.212 e. The summed E-state index contributed by atoms with van der Waals surface area (Å²) in [5, 5.41) is 11.5. The molecule has 0 aliphatic heterocycles. The molecule has 86 valence electrons. The molecule has 0 fully saturated rings. The zero-order chi connectivity index (χ0) is 11.8. The van der Waals surface area contributed by atoms with Crippen LogP contribution in [0.25, 0.3) is 5.13 Å². The van der Waals surface area contributed by atoms with E-state index in [0.29, 0.717) is 5.01 Å². The number of aromatic nitrogens is 4. The summed E-state index contributed by atoms with van der Waals surface area (Å²) in [4.78, 5) is 0. The van der Waals surface area contributed by atoms with Gasteiger partial charge in [-0.1, -0.05) is 11.3 Å². The molecule has 0 N–H and O–H groups in total. The minimum atomic E-state index is -4.45. The Morgan fingerprint density at radius 2 is 2.12 bits per heavy atom. The summed E-state index contributed by atoms with van der Waals surface area (Å²) >= 11 is 6.59. The molecule has 0 bridgehead atoms. The van der Waals surface area contributed by atoms with Gasteiger partial charge >= 0.3 is 6.18 Å². The Balaban J connectivity index is 2.31. The molecular weight excluding hydrogens is 265 g/mol. The van der Waals surface area contributed by atoms with Crippen LogP contribution in [0.1, 0.15) is 10.7 Å². The van der Waals surface area contributed by atoms with Crippen molar-refractivity contribution in [2.24, 2.45) is 0 Å². The molecule has 0 spiro atoms. The summed E-state index contributed by atoms with van der Waals surface area (Å²) in [5.41, 5.74) is -0.963. The van der Waals surface area contributed by atoms with E-state index in [2.05, 4.69) is 15.3 Å². The van der Waals surface area contributed by atoms with Gasteiger partial charge in [-0.25, -0.2) is 4.68 Å². The Morgan fingerprint density at radius 1 is 1.38 bits per heavy atom. The maximum atomic E-state index is 12.3. The molecular formula is C7H4ClF3N4S. The fourth-order valence-corrected chi connectivity index (χ4v) is 1.81. The monoisotopic (exact) mass is 268 g/mol. The van der Waals surface area contributed by atoms with Gasteiger partial charge in [-0.05, 0) is 6.07 Å². The number of nitrogens with zero attached hydrogens (tertiary/aromatic N) is 4. The predicted molar refractivity (Wildman–Crippen MR) is 51.6 cm³/mol. The molecule has 0 saturated heterocycles. The van der Waals surface area contributed by atoms with E-state index >= 15 is 0 Å². The fourth-order valence-electron chi connectivity index (χ4n) is 0.973. The molecule has 0 radical (unpaired) electrons. The van der Waals surface area contributed by atoms with Crippen molar-refractivity contribution in [3.63, 3.8) is 0 Å². The zero-order valence-corrected chi connectivity index (χ0v) is 9.14. The normalized spacial score (nSPS) is 12.0. The molecule has 0 aromatic carbocycles. The molecule has 2 rings (SSSR count). The SMILES string of the molecule is FC(F)(F)c1ccn(-c2nnc(CCl)s2)n1. The van der Waals surface area contributed by atoms with Gasteiger partial charge in [0.15, 0.2) is 5.69 Å².